The molecule has 0 fully saturated rings. The van der Waals surface area contributed by atoms with Crippen LogP contribution in [0.2, 0.25) is 0 Å². The van der Waals surface area contributed by atoms with E-state index in [-0.39, 0.29) is 34.1 Å². The molecule has 0 unspecified atom stereocenters. The lowest BCUT2D eigenvalue weighted by Gasteiger charge is -2.06. The van der Waals surface area contributed by atoms with E-state index in [1.165, 1.54) is 30.6 Å². The molecule has 2 aromatic heterocycles. The molecule has 2 heterocycles. The zero-order valence-electron chi connectivity index (χ0n) is 14.2. The number of rotatable bonds is 4. The molecule has 8 nitrogen and oxygen atoms in total. The molecule has 1 aromatic carbocycles. The Kier molecular flexibility index (Phi) is 4.56. The van der Waals surface area contributed by atoms with Gasteiger partial charge in [0.2, 0.25) is 0 Å². The van der Waals surface area contributed by atoms with E-state index >= 15 is 0 Å². The van der Waals surface area contributed by atoms with E-state index in [0.717, 1.165) is 11.6 Å². The topological polar surface area (TPSA) is 115 Å². The normalized spacial score (nSPS) is 11.1. The number of thiophene rings is 1. The predicted octanol–water partition coefficient (Wildman–Crippen LogP) is 3.47. The number of nitrogens with zero attached hydrogens (tertiary/aromatic N) is 2. The fraction of sp³-hybridized carbons (Fsp3) is 0.235. The van der Waals surface area contributed by atoms with Crippen molar-refractivity contribution in [2.75, 3.05) is 7.11 Å². The second-order valence-corrected chi connectivity index (χ2v) is 6.82. The number of esters is 1. The van der Waals surface area contributed by atoms with Gasteiger partial charge in [-0.15, -0.1) is 11.3 Å². The number of H-pyrrole nitrogens is 1. The summed E-state index contributed by atoms with van der Waals surface area (Å²) < 4.78 is 4.63. The Balaban J connectivity index is 2.23. The second kappa shape index (κ2) is 6.68. The SMILES string of the molecule is COC(=O)c1cc(-c2nc3scc(C(C)C)c3c(=O)[nH]2)cc([N+](=O)[O-])c1. The molecular weight excluding hydrogens is 358 g/mol. The average Bonchev–Trinajstić information content (AvgIpc) is 3.05. The van der Waals surface area contributed by atoms with Crippen molar-refractivity contribution in [3.63, 3.8) is 0 Å². The van der Waals surface area contributed by atoms with Crippen molar-refractivity contribution in [3.8, 4) is 11.4 Å². The number of nitro benzene ring substituents is 1. The zero-order chi connectivity index (χ0) is 19.0. The lowest BCUT2D eigenvalue weighted by Crippen LogP contribution is -2.11. The molecule has 3 rings (SSSR count). The van der Waals surface area contributed by atoms with Crippen LogP contribution in [0.4, 0.5) is 5.69 Å². The van der Waals surface area contributed by atoms with Crippen molar-refractivity contribution in [1.29, 1.82) is 0 Å². The van der Waals surface area contributed by atoms with Gasteiger partial charge in [0, 0.05) is 17.7 Å². The Morgan fingerprint density at radius 3 is 2.69 bits per heavy atom. The Hall–Kier alpha value is -3.07. The van der Waals surface area contributed by atoms with Crippen LogP contribution in [0.15, 0.2) is 28.4 Å². The van der Waals surface area contributed by atoms with Crippen molar-refractivity contribution < 1.29 is 14.5 Å². The Bertz CT molecular complexity index is 1080. The van der Waals surface area contributed by atoms with Crippen molar-refractivity contribution in [3.05, 3.63) is 55.2 Å². The number of ether oxygens (including phenoxy) is 1. The smallest absolute Gasteiger partial charge is 0.338 e. The number of nitrogens with one attached hydrogen (secondary N) is 1. The third-order valence-corrected chi connectivity index (χ3v) is 4.81. The number of hydrogen-bond donors (Lipinski definition) is 1. The molecule has 26 heavy (non-hydrogen) atoms. The summed E-state index contributed by atoms with van der Waals surface area (Å²) in [5, 5.41) is 13.6. The van der Waals surface area contributed by atoms with Crippen LogP contribution >= 0.6 is 11.3 Å². The number of methoxy groups -OCH3 is 1. The predicted molar refractivity (Wildman–Crippen MR) is 97.8 cm³/mol. The van der Waals surface area contributed by atoms with E-state index in [1.807, 2.05) is 19.2 Å². The second-order valence-electron chi connectivity index (χ2n) is 5.96. The van der Waals surface area contributed by atoms with Gasteiger partial charge in [-0.3, -0.25) is 14.9 Å². The van der Waals surface area contributed by atoms with E-state index < -0.39 is 10.9 Å². The fourth-order valence-electron chi connectivity index (χ4n) is 2.62. The van der Waals surface area contributed by atoms with Crippen molar-refractivity contribution in [2.45, 2.75) is 19.8 Å². The van der Waals surface area contributed by atoms with Gasteiger partial charge in [-0.05, 0) is 22.9 Å². The molecule has 0 saturated heterocycles. The molecule has 1 N–H and O–H groups in total. The van der Waals surface area contributed by atoms with Crippen LogP contribution in [-0.4, -0.2) is 28.0 Å². The van der Waals surface area contributed by atoms with Crippen LogP contribution < -0.4 is 5.56 Å². The minimum absolute atomic E-state index is 0.00787. The highest BCUT2D eigenvalue weighted by Gasteiger charge is 2.19. The molecule has 0 aliphatic rings. The van der Waals surface area contributed by atoms with Crippen LogP contribution in [0.3, 0.4) is 0 Å². The molecule has 0 bridgehead atoms. The number of nitro groups is 1. The van der Waals surface area contributed by atoms with Gasteiger partial charge in [0.15, 0.2) is 0 Å². The minimum atomic E-state index is -0.711. The van der Waals surface area contributed by atoms with Gasteiger partial charge in [-0.2, -0.15) is 0 Å². The van der Waals surface area contributed by atoms with Crippen LogP contribution in [-0.2, 0) is 4.74 Å². The molecule has 0 aliphatic heterocycles. The first-order valence-corrected chi connectivity index (χ1v) is 8.59. The maximum Gasteiger partial charge on any atom is 0.338 e. The Labute approximate surface area is 151 Å². The van der Waals surface area contributed by atoms with Gasteiger partial charge in [0.25, 0.3) is 11.2 Å². The lowest BCUT2D eigenvalue weighted by molar-refractivity contribution is -0.384. The fourth-order valence-corrected chi connectivity index (χ4v) is 3.72. The molecule has 3 aromatic rings. The third-order valence-electron chi connectivity index (χ3n) is 3.92. The number of non-ortho nitro benzene ring substituents is 1. The van der Waals surface area contributed by atoms with Gasteiger partial charge in [0.1, 0.15) is 10.7 Å². The van der Waals surface area contributed by atoms with E-state index in [9.17, 15) is 19.7 Å². The maximum atomic E-state index is 12.5. The summed E-state index contributed by atoms with van der Waals surface area (Å²) in [5.41, 5.74) is 0.562. The summed E-state index contributed by atoms with van der Waals surface area (Å²) >= 11 is 1.33. The molecule has 0 spiro atoms. The first-order chi connectivity index (χ1) is 12.3. The van der Waals surface area contributed by atoms with Crippen molar-refractivity contribution in [2.24, 2.45) is 0 Å². The van der Waals surface area contributed by atoms with Gasteiger partial charge < -0.3 is 9.72 Å². The quantitative estimate of drug-likeness (QED) is 0.425. The zero-order valence-corrected chi connectivity index (χ0v) is 15.0. The van der Waals surface area contributed by atoms with Gasteiger partial charge in [-0.25, -0.2) is 9.78 Å². The summed E-state index contributed by atoms with van der Waals surface area (Å²) in [7, 11) is 1.19. The molecule has 0 saturated carbocycles. The summed E-state index contributed by atoms with van der Waals surface area (Å²) in [6.07, 6.45) is 0. The van der Waals surface area contributed by atoms with E-state index in [2.05, 4.69) is 14.7 Å². The van der Waals surface area contributed by atoms with E-state index in [1.54, 1.807) is 0 Å². The first kappa shape index (κ1) is 17.7. The van der Waals surface area contributed by atoms with Gasteiger partial charge >= 0.3 is 5.97 Å². The number of aromatic amines is 1. The minimum Gasteiger partial charge on any atom is -0.465 e. The van der Waals surface area contributed by atoms with Crippen molar-refractivity contribution in [1.82, 2.24) is 9.97 Å². The average molecular weight is 373 g/mol. The molecule has 0 atom stereocenters. The maximum absolute atomic E-state index is 12.5. The highest BCUT2D eigenvalue weighted by molar-refractivity contribution is 7.16. The first-order valence-electron chi connectivity index (χ1n) is 7.71. The standard InChI is InChI=1S/C17H15N3O5S/c1-8(2)12-7-26-16-13(12)15(21)18-14(19-16)9-4-10(17(22)25-3)6-11(5-9)20(23)24/h4-8H,1-3H3,(H,18,19,21). The number of aromatic nitrogens is 2. The summed E-state index contributed by atoms with van der Waals surface area (Å²) in [5.74, 6) is -0.383. The Morgan fingerprint density at radius 2 is 2.08 bits per heavy atom. The molecule has 0 amide bonds. The number of hydrogen-bond acceptors (Lipinski definition) is 7. The van der Waals surface area contributed by atoms with Crippen LogP contribution in [0, 0.1) is 10.1 Å². The van der Waals surface area contributed by atoms with Crippen LogP contribution in [0.1, 0.15) is 35.7 Å². The monoisotopic (exact) mass is 373 g/mol. The number of carbonyl (C=O) groups excluding carboxylic acids is 1. The summed E-state index contributed by atoms with van der Waals surface area (Å²) in [6, 6.07) is 3.78. The van der Waals surface area contributed by atoms with Crippen LogP contribution in [0.25, 0.3) is 21.6 Å². The largest absolute Gasteiger partial charge is 0.465 e. The number of benzene rings is 1. The molecular formula is C17H15N3O5S. The lowest BCUT2D eigenvalue weighted by atomic mass is 10.0. The number of fused-ring (bicyclic) bond motifs is 1. The van der Waals surface area contributed by atoms with E-state index in [4.69, 9.17) is 0 Å². The molecule has 134 valence electrons. The van der Waals surface area contributed by atoms with Gasteiger partial charge in [0.05, 0.1) is 23.0 Å². The van der Waals surface area contributed by atoms with Crippen LogP contribution in [0.5, 0.6) is 0 Å². The highest BCUT2D eigenvalue weighted by atomic mass is 32.1. The summed E-state index contributed by atoms with van der Waals surface area (Å²) in [6.45, 7) is 3.97. The molecule has 0 aliphatic carbocycles. The van der Waals surface area contributed by atoms with Gasteiger partial charge in [-0.1, -0.05) is 13.8 Å². The number of carbonyl (C=O) groups is 1. The van der Waals surface area contributed by atoms with Crippen molar-refractivity contribution >= 4 is 33.2 Å². The third kappa shape index (κ3) is 3.08. The highest BCUT2D eigenvalue weighted by Crippen LogP contribution is 2.30. The summed E-state index contributed by atoms with van der Waals surface area (Å²) in [4.78, 5) is 42.5. The molecule has 0 radical (unpaired) electrons. The Morgan fingerprint density at radius 1 is 1.35 bits per heavy atom. The molecule has 9 heteroatoms. The van der Waals surface area contributed by atoms with E-state index in [0.29, 0.717) is 10.2 Å².